The summed E-state index contributed by atoms with van der Waals surface area (Å²) in [6, 6.07) is 4.91. The highest BCUT2D eigenvalue weighted by molar-refractivity contribution is 6.06. The Labute approximate surface area is 105 Å². The van der Waals surface area contributed by atoms with E-state index in [9.17, 15) is 9.90 Å². The molecule has 0 unspecified atom stereocenters. The third-order valence-electron chi connectivity index (χ3n) is 2.61. The van der Waals surface area contributed by atoms with Crippen LogP contribution in [-0.2, 0) is 6.54 Å². The highest BCUT2D eigenvalue weighted by atomic mass is 16.3. The van der Waals surface area contributed by atoms with E-state index in [4.69, 9.17) is 0 Å². The van der Waals surface area contributed by atoms with Crippen molar-refractivity contribution in [1.29, 1.82) is 0 Å². The number of nitrogens with one attached hydrogen (secondary N) is 1. The highest BCUT2D eigenvalue weighted by Gasteiger charge is 2.12. The van der Waals surface area contributed by atoms with Gasteiger partial charge < -0.3 is 10.4 Å². The summed E-state index contributed by atoms with van der Waals surface area (Å²) in [4.78, 5) is 12.0. The minimum absolute atomic E-state index is 0.0269. The summed E-state index contributed by atoms with van der Waals surface area (Å²) in [6.07, 6.45) is 3.32. The summed E-state index contributed by atoms with van der Waals surface area (Å²) in [5.41, 5.74) is 1.80. The lowest BCUT2D eigenvalue weighted by molar-refractivity contribution is 0.102. The number of carbonyl (C=O) groups excluding carboxylic acids is 1. The first-order valence-corrected chi connectivity index (χ1v) is 5.73. The van der Waals surface area contributed by atoms with Gasteiger partial charge in [-0.15, -0.1) is 0 Å². The van der Waals surface area contributed by atoms with E-state index in [0.717, 1.165) is 12.1 Å². The van der Waals surface area contributed by atoms with Gasteiger partial charge >= 0.3 is 0 Å². The summed E-state index contributed by atoms with van der Waals surface area (Å²) < 4.78 is 1.71. The van der Waals surface area contributed by atoms with Crippen LogP contribution in [0.25, 0.3) is 0 Å². The van der Waals surface area contributed by atoms with Crippen LogP contribution in [0.15, 0.2) is 30.6 Å². The van der Waals surface area contributed by atoms with E-state index in [2.05, 4.69) is 10.4 Å². The Morgan fingerprint density at radius 2 is 2.28 bits per heavy atom. The summed E-state index contributed by atoms with van der Waals surface area (Å²) >= 11 is 0. The molecule has 18 heavy (non-hydrogen) atoms. The quantitative estimate of drug-likeness (QED) is 0.870. The van der Waals surface area contributed by atoms with Crippen molar-refractivity contribution in [2.24, 2.45) is 0 Å². The van der Waals surface area contributed by atoms with Crippen LogP contribution in [0.5, 0.6) is 5.75 Å². The van der Waals surface area contributed by atoms with Gasteiger partial charge in [0.05, 0.1) is 17.4 Å². The van der Waals surface area contributed by atoms with Crippen molar-refractivity contribution in [1.82, 2.24) is 9.78 Å². The van der Waals surface area contributed by atoms with Crippen molar-refractivity contribution in [3.8, 4) is 5.75 Å². The largest absolute Gasteiger partial charge is 0.507 e. The lowest BCUT2D eigenvalue weighted by Crippen LogP contribution is -2.11. The van der Waals surface area contributed by atoms with Crippen molar-refractivity contribution in [3.63, 3.8) is 0 Å². The van der Waals surface area contributed by atoms with E-state index in [1.165, 1.54) is 6.07 Å². The Bertz CT molecular complexity index is 575. The summed E-state index contributed by atoms with van der Waals surface area (Å²) in [5.74, 6) is -0.368. The zero-order chi connectivity index (χ0) is 13.1. The molecule has 0 fully saturated rings. The SMILES string of the molecule is CCn1cc(NC(=O)c2cc(C)ccc2O)cn1. The average molecular weight is 245 g/mol. The smallest absolute Gasteiger partial charge is 0.259 e. The molecule has 0 saturated heterocycles. The zero-order valence-corrected chi connectivity index (χ0v) is 10.3. The number of aromatic nitrogens is 2. The number of hydrogen-bond donors (Lipinski definition) is 2. The van der Waals surface area contributed by atoms with Crippen molar-refractivity contribution >= 4 is 11.6 Å². The number of aryl methyl sites for hydroxylation is 2. The first-order chi connectivity index (χ1) is 8.60. The summed E-state index contributed by atoms with van der Waals surface area (Å²) in [6.45, 7) is 4.57. The van der Waals surface area contributed by atoms with Crippen LogP contribution in [0, 0.1) is 6.92 Å². The van der Waals surface area contributed by atoms with Gasteiger partial charge in [0, 0.05) is 12.7 Å². The minimum atomic E-state index is -0.341. The van der Waals surface area contributed by atoms with Gasteiger partial charge in [-0.2, -0.15) is 5.10 Å². The Hall–Kier alpha value is -2.30. The van der Waals surface area contributed by atoms with Crippen molar-refractivity contribution < 1.29 is 9.90 Å². The van der Waals surface area contributed by atoms with Crippen LogP contribution < -0.4 is 5.32 Å². The molecule has 0 spiro atoms. The molecule has 1 aromatic carbocycles. The molecule has 1 aromatic heterocycles. The molecule has 5 nitrogen and oxygen atoms in total. The van der Waals surface area contributed by atoms with Gasteiger partial charge in [-0.1, -0.05) is 11.6 Å². The molecule has 5 heteroatoms. The number of carbonyl (C=O) groups is 1. The van der Waals surface area contributed by atoms with Crippen molar-refractivity contribution in [2.45, 2.75) is 20.4 Å². The number of phenols is 1. The number of amides is 1. The number of anilines is 1. The Morgan fingerprint density at radius 3 is 2.94 bits per heavy atom. The number of rotatable bonds is 3. The predicted octanol–water partition coefficient (Wildman–Crippen LogP) is 2.17. The molecule has 2 aromatic rings. The Balaban J connectivity index is 2.19. The third kappa shape index (κ3) is 2.51. The molecule has 1 heterocycles. The average Bonchev–Trinajstić information content (AvgIpc) is 2.80. The van der Waals surface area contributed by atoms with Gasteiger partial charge in [0.1, 0.15) is 5.75 Å². The standard InChI is InChI=1S/C13H15N3O2/c1-3-16-8-10(7-14-16)15-13(18)11-6-9(2)4-5-12(11)17/h4-8,17H,3H2,1-2H3,(H,15,18). The van der Waals surface area contributed by atoms with E-state index >= 15 is 0 Å². The van der Waals surface area contributed by atoms with E-state index in [1.54, 1.807) is 29.2 Å². The van der Waals surface area contributed by atoms with Crippen LogP contribution in [0.2, 0.25) is 0 Å². The van der Waals surface area contributed by atoms with E-state index in [1.807, 2.05) is 13.8 Å². The first-order valence-electron chi connectivity index (χ1n) is 5.73. The molecule has 0 atom stereocenters. The van der Waals surface area contributed by atoms with Gasteiger partial charge in [-0.3, -0.25) is 9.48 Å². The Morgan fingerprint density at radius 1 is 1.50 bits per heavy atom. The molecule has 0 radical (unpaired) electrons. The summed E-state index contributed by atoms with van der Waals surface area (Å²) in [5, 5.41) is 16.4. The van der Waals surface area contributed by atoms with Gasteiger partial charge in [0.25, 0.3) is 5.91 Å². The maximum atomic E-state index is 12.0. The fraction of sp³-hybridized carbons (Fsp3) is 0.231. The topological polar surface area (TPSA) is 67.2 Å². The second kappa shape index (κ2) is 4.91. The minimum Gasteiger partial charge on any atom is -0.507 e. The van der Waals surface area contributed by atoms with Crippen LogP contribution >= 0.6 is 0 Å². The molecule has 2 rings (SSSR count). The van der Waals surface area contributed by atoms with Gasteiger partial charge in [-0.25, -0.2) is 0 Å². The molecular weight excluding hydrogens is 230 g/mol. The van der Waals surface area contributed by atoms with Gasteiger partial charge in [0.15, 0.2) is 0 Å². The molecule has 0 aliphatic heterocycles. The van der Waals surface area contributed by atoms with E-state index in [0.29, 0.717) is 5.69 Å². The molecule has 2 N–H and O–H groups in total. The molecule has 1 amide bonds. The lowest BCUT2D eigenvalue weighted by atomic mass is 10.1. The highest BCUT2D eigenvalue weighted by Crippen LogP contribution is 2.19. The van der Waals surface area contributed by atoms with Gasteiger partial charge in [-0.05, 0) is 26.0 Å². The van der Waals surface area contributed by atoms with Crippen molar-refractivity contribution in [2.75, 3.05) is 5.32 Å². The Kier molecular flexibility index (Phi) is 3.32. The van der Waals surface area contributed by atoms with E-state index in [-0.39, 0.29) is 17.2 Å². The van der Waals surface area contributed by atoms with Crippen LogP contribution in [0.4, 0.5) is 5.69 Å². The molecule has 0 saturated carbocycles. The normalized spacial score (nSPS) is 10.3. The molecule has 0 bridgehead atoms. The maximum absolute atomic E-state index is 12.0. The molecule has 0 aliphatic carbocycles. The van der Waals surface area contributed by atoms with Gasteiger partial charge in [0.2, 0.25) is 0 Å². The first kappa shape index (κ1) is 12.2. The number of phenolic OH excluding ortho intramolecular Hbond substituents is 1. The third-order valence-corrected chi connectivity index (χ3v) is 2.61. The van der Waals surface area contributed by atoms with Crippen LogP contribution in [0.3, 0.4) is 0 Å². The monoisotopic (exact) mass is 245 g/mol. The molecule has 94 valence electrons. The van der Waals surface area contributed by atoms with Crippen molar-refractivity contribution in [3.05, 3.63) is 41.7 Å². The molecule has 0 aliphatic rings. The van der Waals surface area contributed by atoms with Crippen LogP contribution in [0.1, 0.15) is 22.8 Å². The van der Waals surface area contributed by atoms with Crippen LogP contribution in [-0.4, -0.2) is 20.8 Å². The van der Waals surface area contributed by atoms with E-state index < -0.39 is 0 Å². The zero-order valence-electron chi connectivity index (χ0n) is 10.3. The number of hydrogen-bond acceptors (Lipinski definition) is 3. The predicted molar refractivity (Wildman–Crippen MR) is 68.7 cm³/mol. The fourth-order valence-electron chi connectivity index (χ4n) is 1.63. The second-order valence-corrected chi connectivity index (χ2v) is 4.06. The number of aromatic hydroxyl groups is 1. The number of benzene rings is 1. The lowest BCUT2D eigenvalue weighted by Gasteiger charge is -2.05. The maximum Gasteiger partial charge on any atom is 0.259 e. The summed E-state index contributed by atoms with van der Waals surface area (Å²) in [7, 11) is 0. The second-order valence-electron chi connectivity index (χ2n) is 4.06. The molecular formula is C13H15N3O2. The fourth-order valence-corrected chi connectivity index (χ4v) is 1.63. The number of nitrogens with zero attached hydrogens (tertiary/aromatic N) is 2.